The normalized spacial score (nSPS) is 23.2. The molecule has 2 amide bonds. The fraction of sp³-hybridized carbons (Fsp3) is 0.609. The molecule has 2 fully saturated rings. The highest BCUT2D eigenvalue weighted by Gasteiger charge is 2.53. The van der Waals surface area contributed by atoms with Crippen LogP contribution in [0.1, 0.15) is 45.6 Å². The zero-order valence-corrected chi connectivity index (χ0v) is 18.1. The first-order chi connectivity index (χ1) is 14.3. The van der Waals surface area contributed by atoms with Crippen molar-refractivity contribution >= 4 is 18.0 Å². The predicted molar refractivity (Wildman–Crippen MR) is 111 cm³/mol. The first-order valence-electron chi connectivity index (χ1n) is 10.8. The Balaban J connectivity index is 1.45. The summed E-state index contributed by atoms with van der Waals surface area (Å²) in [7, 11) is 0. The minimum Gasteiger partial charge on any atom is -0.466 e. The molecule has 0 aromatic heterocycles. The number of piperidine rings is 1. The van der Waals surface area contributed by atoms with Gasteiger partial charge in [-0.3, -0.25) is 9.59 Å². The van der Waals surface area contributed by atoms with Gasteiger partial charge in [0.2, 0.25) is 5.91 Å². The molecule has 7 heteroatoms. The van der Waals surface area contributed by atoms with E-state index in [0.717, 1.165) is 5.56 Å². The topological polar surface area (TPSA) is 84.9 Å². The van der Waals surface area contributed by atoms with E-state index in [1.165, 1.54) is 0 Å². The van der Waals surface area contributed by atoms with Crippen LogP contribution in [0.5, 0.6) is 0 Å². The summed E-state index contributed by atoms with van der Waals surface area (Å²) in [6.07, 6.45) is 1.43. The van der Waals surface area contributed by atoms with Crippen LogP contribution in [0.15, 0.2) is 30.3 Å². The average molecular weight is 417 g/mol. The number of alkyl carbamates (subject to hydrolysis) is 1. The molecule has 1 aromatic carbocycles. The predicted octanol–water partition coefficient (Wildman–Crippen LogP) is 3.13. The number of hydrogen-bond acceptors (Lipinski definition) is 5. The Kier molecular flexibility index (Phi) is 7.00. The number of carbonyl (C=O) groups is 3. The summed E-state index contributed by atoms with van der Waals surface area (Å²) in [4.78, 5) is 38.9. The standard InChI is InChI=1S/C23H32N2O5/c1-4-29-21(27)17-10-12-25(13-11-17)20(26)18-14-19(23(18,2)3)24-22(28)30-15-16-8-6-5-7-9-16/h5-9,17-19H,4,10-15H2,1-3H3,(H,24,28)/t18-,19-/m0/s1. The Morgan fingerprint density at radius 2 is 1.77 bits per heavy atom. The number of ether oxygens (including phenoxy) is 2. The highest BCUT2D eigenvalue weighted by Crippen LogP contribution is 2.47. The molecular formula is C23H32N2O5. The molecule has 0 spiro atoms. The van der Waals surface area contributed by atoms with Gasteiger partial charge in [0.05, 0.1) is 12.5 Å². The monoisotopic (exact) mass is 416 g/mol. The van der Waals surface area contributed by atoms with Crippen molar-refractivity contribution < 1.29 is 23.9 Å². The summed E-state index contributed by atoms with van der Waals surface area (Å²) in [5, 5.41) is 2.91. The molecule has 30 heavy (non-hydrogen) atoms. The number of amides is 2. The van der Waals surface area contributed by atoms with E-state index < -0.39 is 6.09 Å². The summed E-state index contributed by atoms with van der Waals surface area (Å²) < 4.78 is 10.4. The van der Waals surface area contributed by atoms with Crippen LogP contribution in [-0.2, 0) is 25.7 Å². The van der Waals surface area contributed by atoms with Gasteiger partial charge in [-0.05, 0) is 37.2 Å². The third kappa shape index (κ3) is 4.94. The molecule has 0 unspecified atom stereocenters. The molecule has 1 aliphatic heterocycles. The van der Waals surface area contributed by atoms with Crippen molar-refractivity contribution in [2.45, 2.75) is 52.7 Å². The molecular weight excluding hydrogens is 384 g/mol. The van der Waals surface area contributed by atoms with Crippen LogP contribution < -0.4 is 5.32 Å². The van der Waals surface area contributed by atoms with Crippen LogP contribution in [0, 0.1) is 17.3 Å². The second kappa shape index (κ2) is 9.49. The fourth-order valence-electron chi connectivity index (χ4n) is 4.31. The lowest BCUT2D eigenvalue weighted by Crippen LogP contribution is -2.63. The van der Waals surface area contributed by atoms with Crippen LogP contribution in [-0.4, -0.2) is 48.6 Å². The van der Waals surface area contributed by atoms with Gasteiger partial charge in [0.25, 0.3) is 0 Å². The molecule has 3 rings (SSSR count). The Bertz CT molecular complexity index is 756. The van der Waals surface area contributed by atoms with Gasteiger partial charge in [-0.2, -0.15) is 0 Å². The molecule has 1 aliphatic carbocycles. The van der Waals surface area contributed by atoms with Crippen LogP contribution in [0.2, 0.25) is 0 Å². The van der Waals surface area contributed by atoms with E-state index in [2.05, 4.69) is 5.32 Å². The minimum atomic E-state index is -0.460. The number of nitrogens with zero attached hydrogens (tertiary/aromatic N) is 1. The zero-order chi connectivity index (χ0) is 21.7. The van der Waals surface area contributed by atoms with E-state index >= 15 is 0 Å². The first kappa shape index (κ1) is 22.1. The molecule has 0 radical (unpaired) electrons. The summed E-state index contributed by atoms with van der Waals surface area (Å²) in [6.45, 7) is 7.57. The maximum Gasteiger partial charge on any atom is 0.407 e. The fourth-order valence-corrected chi connectivity index (χ4v) is 4.31. The number of benzene rings is 1. The molecule has 1 N–H and O–H groups in total. The Morgan fingerprint density at radius 3 is 2.37 bits per heavy atom. The van der Waals surface area contributed by atoms with E-state index in [1.807, 2.05) is 49.1 Å². The van der Waals surface area contributed by atoms with E-state index in [9.17, 15) is 14.4 Å². The van der Waals surface area contributed by atoms with Gasteiger partial charge in [0, 0.05) is 25.0 Å². The van der Waals surface area contributed by atoms with E-state index in [1.54, 1.807) is 6.92 Å². The summed E-state index contributed by atoms with van der Waals surface area (Å²) >= 11 is 0. The number of hydrogen-bond donors (Lipinski definition) is 1. The molecule has 164 valence electrons. The van der Waals surface area contributed by atoms with Crippen LogP contribution >= 0.6 is 0 Å². The number of carbonyl (C=O) groups excluding carboxylic acids is 3. The molecule has 2 aliphatic rings. The molecule has 0 bridgehead atoms. The third-order valence-corrected chi connectivity index (χ3v) is 6.50. The Morgan fingerprint density at radius 1 is 1.10 bits per heavy atom. The average Bonchev–Trinajstić information content (AvgIpc) is 2.75. The smallest absolute Gasteiger partial charge is 0.407 e. The van der Waals surface area contributed by atoms with Crippen LogP contribution in [0.3, 0.4) is 0 Å². The third-order valence-electron chi connectivity index (χ3n) is 6.50. The number of nitrogens with one attached hydrogen (secondary N) is 1. The summed E-state index contributed by atoms with van der Waals surface area (Å²) in [5.74, 6) is -0.307. The highest BCUT2D eigenvalue weighted by atomic mass is 16.5. The lowest BCUT2D eigenvalue weighted by molar-refractivity contribution is -0.155. The molecule has 1 aromatic rings. The SMILES string of the molecule is CCOC(=O)C1CCN(C(=O)[C@@H]2C[C@H](NC(=O)OCc3ccccc3)C2(C)C)CC1. The van der Waals surface area contributed by atoms with Gasteiger partial charge >= 0.3 is 12.1 Å². The number of likely N-dealkylation sites (tertiary alicyclic amines) is 1. The van der Waals surface area contributed by atoms with Gasteiger partial charge in [-0.1, -0.05) is 44.2 Å². The molecule has 1 heterocycles. The van der Waals surface area contributed by atoms with E-state index in [4.69, 9.17) is 9.47 Å². The van der Waals surface area contributed by atoms with Crippen molar-refractivity contribution in [3.05, 3.63) is 35.9 Å². The molecule has 1 saturated carbocycles. The van der Waals surface area contributed by atoms with Gasteiger partial charge in [0.15, 0.2) is 0 Å². The lowest BCUT2D eigenvalue weighted by atomic mass is 9.58. The van der Waals surface area contributed by atoms with Gasteiger partial charge in [0.1, 0.15) is 6.61 Å². The number of esters is 1. The largest absolute Gasteiger partial charge is 0.466 e. The van der Waals surface area contributed by atoms with Gasteiger partial charge in [-0.25, -0.2) is 4.79 Å². The van der Waals surface area contributed by atoms with Crippen molar-refractivity contribution in [1.29, 1.82) is 0 Å². The Labute approximate surface area is 178 Å². The first-order valence-corrected chi connectivity index (χ1v) is 10.8. The van der Waals surface area contributed by atoms with Crippen molar-refractivity contribution in [2.75, 3.05) is 19.7 Å². The highest BCUT2D eigenvalue weighted by molar-refractivity contribution is 5.82. The maximum atomic E-state index is 13.0. The molecule has 7 nitrogen and oxygen atoms in total. The van der Waals surface area contributed by atoms with Crippen molar-refractivity contribution in [3.63, 3.8) is 0 Å². The lowest BCUT2D eigenvalue weighted by Gasteiger charge is -2.52. The van der Waals surface area contributed by atoms with E-state index in [-0.39, 0.29) is 41.8 Å². The van der Waals surface area contributed by atoms with E-state index in [0.29, 0.717) is 39.0 Å². The summed E-state index contributed by atoms with van der Waals surface area (Å²) in [6, 6.07) is 9.42. The van der Waals surface area contributed by atoms with Gasteiger partial charge in [-0.15, -0.1) is 0 Å². The Hall–Kier alpha value is -2.57. The van der Waals surface area contributed by atoms with Crippen molar-refractivity contribution in [1.82, 2.24) is 10.2 Å². The number of rotatable bonds is 6. The van der Waals surface area contributed by atoms with Crippen LogP contribution in [0.25, 0.3) is 0 Å². The molecule has 1 saturated heterocycles. The van der Waals surface area contributed by atoms with Crippen molar-refractivity contribution in [2.24, 2.45) is 17.3 Å². The maximum absolute atomic E-state index is 13.0. The quantitative estimate of drug-likeness (QED) is 0.720. The summed E-state index contributed by atoms with van der Waals surface area (Å²) in [5.41, 5.74) is 0.584. The second-order valence-electron chi connectivity index (χ2n) is 8.72. The van der Waals surface area contributed by atoms with Crippen LogP contribution in [0.4, 0.5) is 4.79 Å². The van der Waals surface area contributed by atoms with Crippen molar-refractivity contribution in [3.8, 4) is 0 Å². The van der Waals surface area contributed by atoms with Gasteiger partial charge < -0.3 is 19.7 Å². The minimum absolute atomic E-state index is 0.105. The zero-order valence-electron chi connectivity index (χ0n) is 18.1. The second-order valence-corrected chi connectivity index (χ2v) is 8.72. The molecule has 2 atom stereocenters.